The molecule has 0 unspecified atom stereocenters. The second-order valence-corrected chi connectivity index (χ2v) is 29.0. The van der Waals surface area contributed by atoms with Crippen LogP contribution in [-0.2, 0) is 101 Å². The van der Waals surface area contributed by atoms with Crippen LogP contribution < -0.4 is 16.0 Å². The quantitative estimate of drug-likeness (QED) is 0.0110. The Morgan fingerprint density at radius 2 is 0.670 bits per heavy atom. The van der Waals surface area contributed by atoms with E-state index >= 15 is 0 Å². The van der Waals surface area contributed by atoms with Crippen LogP contribution in [0.25, 0.3) is 32.3 Å². The van der Waals surface area contributed by atoms with Crippen LogP contribution in [0.1, 0.15) is 154 Å². The number of benzene rings is 8. The van der Waals surface area contributed by atoms with Crippen molar-refractivity contribution in [2.24, 2.45) is 17.8 Å². The van der Waals surface area contributed by atoms with Gasteiger partial charge in [-0.3, -0.25) is 24.0 Å². The van der Waals surface area contributed by atoms with Crippen LogP contribution in [0.3, 0.4) is 0 Å². The largest absolute Gasteiger partial charge is 0.481 e. The van der Waals surface area contributed by atoms with Crippen molar-refractivity contribution in [1.29, 1.82) is 0 Å². The van der Waals surface area contributed by atoms with Gasteiger partial charge in [-0.15, -0.1) is 0 Å². The Bertz CT molecular complexity index is 4400. The molecule has 112 heavy (non-hydrogen) atoms. The number of carboxylic acid groups (broad SMARTS) is 2. The van der Waals surface area contributed by atoms with Gasteiger partial charge in [0.15, 0.2) is 42.9 Å². The van der Waals surface area contributed by atoms with Crippen LogP contribution in [0.4, 0.5) is 14.4 Å². The van der Waals surface area contributed by atoms with Gasteiger partial charge in [0, 0.05) is 30.6 Å². The van der Waals surface area contributed by atoms with Crippen LogP contribution in [0.2, 0.25) is 0 Å². The van der Waals surface area contributed by atoms with Crippen molar-refractivity contribution in [3.63, 3.8) is 0 Å². The van der Waals surface area contributed by atoms with Crippen molar-refractivity contribution < 1.29 is 121 Å². The van der Waals surface area contributed by atoms with Gasteiger partial charge in [0.1, 0.15) is 30.0 Å². The average molecular weight is 1600 g/mol. The summed E-state index contributed by atoms with van der Waals surface area (Å²) in [5, 5.41) is 41.6. The fourth-order valence-electron chi connectivity index (χ4n) is 10.6. The number of rotatable bonds is 29. The zero-order valence-electron chi connectivity index (χ0n) is 65.4. The summed E-state index contributed by atoms with van der Waals surface area (Å²) in [6.07, 6.45) is -0.547. The monoisotopic (exact) mass is 1590 g/mol. The molecule has 8 rings (SSSR count). The third-order valence-electron chi connectivity index (χ3n) is 16.4. The number of carbonyl (C=O) groups is 11. The number of nitrogens with one attached hydrogen (secondary N) is 3. The van der Waals surface area contributed by atoms with Gasteiger partial charge in [0.05, 0.1) is 23.9 Å². The van der Waals surface area contributed by atoms with E-state index in [1.54, 1.807) is 123 Å². The summed E-state index contributed by atoms with van der Waals surface area (Å²) in [6, 6.07) is 54.9. The predicted octanol–water partition coefficient (Wildman–Crippen LogP) is 15.0. The zero-order valence-corrected chi connectivity index (χ0v) is 68.4. The number of alkyl carbamates (subject to hydrolysis) is 3. The average Bonchev–Trinajstić information content (AvgIpc) is 0.848. The maximum atomic E-state index is 13.0. The number of aliphatic hydroxyl groups is 1. The van der Waals surface area contributed by atoms with Crippen LogP contribution in [0.15, 0.2) is 188 Å². The van der Waals surface area contributed by atoms with Crippen LogP contribution >= 0.6 is 0 Å². The molecule has 0 heterocycles. The third kappa shape index (κ3) is 34.6. The summed E-state index contributed by atoms with van der Waals surface area (Å²) in [7, 11) is 0. The molecule has 0 saturated carbocycles. The van der Waals surface area contributed by atoms with Gasteiger partial charge >= 0.3 is 54.1 Å². The molecule has 25 heteroatoms. The molecule has 598 valence electrons. The van der Waals surface area contributed by atoms with E-state index in [1.165, 1.54) is 17.7 Å². The topological polar surface area (TPSA) is 349 Å². The van der Waals surface area contributed by atoms with Crippen molar-refractivity contribution in [1.82, 2.24) is 16.0 Å². The SMILES string of the molecule is C.CC[C@@H](Cc1ccc2ccccc2c1)C(=O)O.CC[C@@H](Cc1ccc2ccccc2c1)C(=O)OC[C@H](NC(=O)OC(C)(C)C)C(=O)O.CC[C@@H](Cc1ccc2ccccc2c1)C(=O)OC[C@H](NC(=O)OC(C)(C)C)C(=O)OCC(=O)c1ccccc1.C[C@@H](O)[C@H](NC(=O)OC(C)(C)C)C(=O)OCC(=O)c1ccccc1.[Zn]. The Kier molecular flexibility index (Phi) is 39.7. The Hall–Kier alpha value is -10.9. The second-order valence-electron chi connectivity index (χ2n) is 29.0. The number of ketones is 2. The minimum absolute atomic E-state index is 0. The summed E-state index contributed by atoms with van der Waals surface area (Å²) in [5.74, 6) is -6.79. The Labute approximate surface area is 668 Å². The second kappa shape index (κ2) is 46.7. The van der Waals surface area contributed by atoms with E-state index in [4.69, 9.17) is 38.3 Å². The van der Waals surface area contributed by atoms with E-state index in [0.717, 1.165) is 38.2 Å². The first-order valence-corrected chi connectivity index (χ1v) is 36.3. The maximum absolute atomic E-state index is 13.0. The third-order valence-corrected chi connectivity index (χ3v) is 16.4. The fraction of sp³-hybridized carbons (Fsp3) is 0.391. The van der Waals surface area contributed by atoms with Crippen LogP contribution in [0.5, 0.6) is 0 Å². The number of carbonyl (C=O) groups excluding carboxylic acids is 9. The molecule has 3 amide bonds. The molecule has 8 aromatic carbocycles. The standard InChI is InChI=1S/C31H35NO7.C23H29NO6.C17H23NO6.C15H16O2.CH4.Zn/c1-5-22(17-21-15-16-23-11-9-10-14-25(23)18-21)28(34)37-19-26(32-30(36)39-31(2,3)4)29(35)38-20-27(33)24-12-7-6-8-13-24;1-5-16(12-15-10-11-17-8-6-7-9-18(17)13-15)21(27)29-14-19(20(25)26)24-22(28)30-23(2,3)4;1-11(19)14(18-16(22)24-17(2,3)4)15(21)23-10-13(20)12-8-6-5-7-9-12;1-2-12(15(16)17)9-11-7-8-13-5-3-4-6-14(13)10-11;;/h6-16,18,22,26H,5,17,19-20H2,1-4H3,(H,32,36);6-11,13,16,19H,5,12,14H2,1-4H3,(H,24,28)(H,25,26);5-9,11,14,19H,10H2,1-4H3,(H,18,22);3-8,10,12H,2,9H2,1H3,(H,16,17);1H4;/t22-,26-;16-,19-;11-,14+;12-;;/m0010../s1. The minimum Gasteiger partial charge on any atom is -0.481 e. The molecule has 0 spiro atoms. The summed E-state index contributed by atoms with van der Waals surface area (Å²) in [4.78, 5) is 133. The van der Waals surface area contributed by atoms with Gasteiger partial charge in [0.25, 0.3) is 0 Å². The number of Topliss-reactive ketones (excluding diaryl/α,β-unsaturated/α-hetero) is 2. The molecule has 0 fully saturated rings. The van der Waals surface area contributed by atoms with E-state index in [2.05, 4.69) is 40.2 Å². The van der Waals surface area contributed by atoms with E-state index in [9.17, 15) is 63.0 Å². The van der Waals surface area contributed by atoms with Gasteiger partial charge in [-0.2, -0.15) is 0 Å². The molecule has 0 radical (unpaired) electrons. The van der Waals surface area contributed by atoms with Crippen molar-refractivity contribution >= 4 is 98.0 Å². The molecule has 0 aromatic heterocycles. The van der Waals surface area contributed by atoms with Gasteiger partial charge in [0.2, 0.25) is 0 Å². The number of ether oxygens (including phenoxy) is 7. The molecule has 0 bridgehead atoms. The van der Waals surface area contributed by atoms with Crippen molar-refractivity contribution in [3.8, 4) is 0 Å². The first-order valence-electron chi connectivity index (χ1n) is 36.3. The first-order chi connectivity index (χ1) is 51.9. The molecule has 8 aromatic rings. The Balaban J connectivity index is 0.000000400. The number of amides is 3. The van der Waals surface area contributed by atoms with Gasteiger partial charge in [-0.25, -0.2) is 28.8 Å². The molecular weight excluding hydrogens is 1490 g/mol. The molecule has 24 nitrogen and oxygen atoms in total. The number of aliphatic carboxylic acids is 2. The number of esters is 4. The molecular formula is C87H107N3O21Zn. The number of carboxylic acids is 2. The maximum Gasteiger partial charge on any atom is 0.408 e. The Morgan fingerprint density at radius 1 is 0.366 bits per heavy atom. The van der Waals surface area contributed by atoms with Crippen molar-refractivity contribution in [2.45, 2.75) is 177 Å². The number of hydrogen-bond donors (Lipinski definition) is 6. The molecule has 7 atom stereocenters. The van der Waals surface area contributed by atoms with Crippen molar-refractivity contribution in [2.75, 3.05) is 26.4 Å². The molecule has 6 N–H and O–H groups in total. The fourth-order valence-corrected chi connectivity index (χ4v) is 10.6. The predicted molar refractivity (Wildman–Crippen MR) is 423 cm³/mol. The van der Waals surface area contributed by atoms with E-state index in [-0.39, 0.29) is 38.6 Å². The smallest absolute Gasteiger partial charge is 0.408 e. The molecule has 0 aliphatic heterocycles. The van der Waals surface area contributed by atoms with Gasteiger partial charge in [-0.05, 0) is 157 Å². The van der Waals surface area contributed by atoms with Crippen molar-refractivity contribution in [3.05, 3.63) is 216 Å². The first kappa shape index (κ1) is 95.3. The van der Waals surface area contributed by atoms with E-state index < -0.39 is 139 Å². The normalized spacial score (nSPS) is 12.8. The van der Waals surface area contributed by atoms with Crippen LogP contribution in [-0.4, -0.2) is 148 Å². The minimum atomic E-state index is -1.39. The number of hydrogen-bond acceptors (Lipinski definition) is 19. The number of fused-ring (bicyclic) bond motifs is 3. The van der Waals surface area contributed by atoms with Gasteiger partial charge in [-0.1, -0.05) is 216 Å². The summed E-state index contributed by atoms with van der Waals surface area (Å²) >= 11 is 0. The van der Waals surface area contributed by atoms with E-state index in [1.807, 2.05) is 124 Å². The zero-order chi connectivity index (χ0) is 81.3. The summed E-state index contributed by atoms with van der Waals surface area (Å²) < 4.78 is 36.1. The molecule has 0 saturated heterocycles. The van der Waals surface area contributed by atoms with E-state index in [0.29, 0.717) is 49.7 Å². The van der Waals surface area contributed by atoms with Gasteiger partial charge < -0.3 is 64.4 Å². The Morgan fingerprint density at radius 3 is 0.991 bits per heavy atom. The molecule has 0 aliphatic carbocycles. The van der Waals surface area contributed by atoms with Crippen LogP contribution in [0, 0.1) is 17.8 Å². The summed E-state index contributed by atoms with van der Waals surface area (Å²) in [5.41, 5.74) is 1.53. The molecule has 0 aliphatic rings. The summed E-state index contributed by atoms with van der Waals surface area (Å²) in [6.45, 7) is 20.1. The number of aliphatic hydroxyl groups excluding tert-OH is 1.